The van der Waals surface area contributed by atoms with Crippen LogP contribution in [0.1, 0.15) is 22.7 Å². The molecule has 6 nitrogen and oxygen atoms in total. The van der Waals surface area contributed by atoms with Crippen LogP contribution in [0.2, 0.25) is 0 Å². The van der Waals surface area contributed by atoms with Gasteiger partial charge in [-0.15, -0.1) is 0 Å². The Balaban J connectivity index is 2.16. The van der Waals surface area contributed by atoms with Gasteiger partial charge < -0.3 is 0 Å². The van der Waals surface area contributed by atoms with E-state index in [4.69, 9.17) is 5.53 Å². The third kappa shape index (κ3) is 4.56. The molecule has 0 bridgehead atoms. The topological polar surface area (TPSA) is 94.9 Å². The van der Waals surface area contributed by atoms with Crippen molar-refractivity contribution in [3.8, 4) is 0 Å². The summed E-state index contributed by atoms with van der Waals surface area (Å²) < 4.78 is 27.1. The van der Waals surface area contributed by atoms with Crippen LogP contribution in [0, 0.1) is 13.8 Å². The summed E-state index contributed by atoms with van der Waals surface area (Å²) >= 11 is 0. The molecule has 0 spiro atoms. The van der Waals surface area contributed by atoms with E-state index in [1.54, 1.807) is 24.3 Å². The number of azide groups is 1. The summed E-state index contributed by atoms with van der Waals surface area (Å²) in [4.78, 5) is 3.00. The fourth-order valence-electron chi connectivity index (χ4n) is 2.07. The molecule has 2 aromatic carbocycles. The molecule has 23 heavy (non-hydrogen) atoms. The van der Waals surface area contributed by atoms with Gasteiger partial charge in [-0.1, -0.05) is 52.6 Å². The monoisotopic (exact) mass is 330 g/mol. The van der Waals surface area contributed by atoms with Gasteiger partial charge in [-0.3, -0.25) is 0 Å². The first kappa shape index (κ1) is 17.0. The highest BCUT2D eigenvalue weighted by Crippen LogP contribution is 2.19. The SMILES string of the molecule is Cc1ccc(C(CNS(=O)(=O)c2ccc(C)cc2)N=[N+]=[N-])cc1. The smallest absolute Gasteiger partial charge is 0.210 e. The van der Waals surface area contributed by atoms with Crippen LogP contribution in [0.4, 0.5) is 0 Å². The first-order valence-electron chi connectivity index (χ1n) is 7.09. The van der Waals surface area contributed by atoms with E-state index in [0.29, 0.717) is 0 Å². The second-order valence-corrected chi connectivity index (χ2v) is 7.06. The van der Waals surface area contributed by atoms with Gasteiger partial charge in [-0.05, 0) is 37.1 Å². The summed E-state index contributed by atoms with van der Waals surface area (Å²) in [5.74, 6) is 0. The molecule has 2 rings (SSSR count). The van der Waals surface area contributed by atoms with Crippen LogP contribution < -0.4 is 4.72 Å². The van der Waals surface area contributed by atoms with Gasteiger partial charge in [0.2, 0.25) is 10.0 Å². The first-order chi connectivity index (χ1) is 10.9. The number of rotatable bonds is 6. The fourth-order valence-corrected chi connectivity index (χ4v) is 3.10. The van der Waals surface area contributed by atoms with Gasteiger partial charge in [-0.25, -0.2) is 13.1 Å². The Labute approximate surface area is 135 Å². The molecule has 7 heteroatoms. The third-order valence-electron chi connectivity index (χ3n) is 3.45. The maximum atomic E-state index is 12.3. The second kappa shape index (κ2) is 7.28. The van der Waals surface area contributed by atoms with Gasteiger partial charge in [0.05, 0.1) is 10.9 Å². The summed E-state index contributed by atoms with van der Waals surface area (Å²) in [5.41, 5.74) is 11.5. The summed E-state index contributed by atoms with van der Waals surface area (Å²) in [5, 5.41) is 3.69. The van der Waals surface area contributed by atoms with Crippen LogP contribution in [-0.2, 0) is 10.0 Å². The molecule has 1 unspecified atom stereocenters. The van der Waals surface area contributed by atoms with Crippen LogP contribution >= 0.6 is 0 Å². The van der Waals surface area contributed by atoms with Crippen molar-refractivity contribution in [3.05, 3.63) is 75.7 Å². The van der Waals surface area contributed by atoms with Gasteiger partial charge in [0.25, 0.3) is 0 Å². The molecule has 0 aliphatic rings. The lowest BCUT2D eigenvalue weighted by Gasteiger charge is -2.13. The standard InChI is InChI=1S/C16H18N4O2S/c1-12-3-7-14(8-4-12)16(19-20-17)11-18-23(21,22)15-9-5-13(2)6-10-15/h3-10,16,18H,11H2,1-2H3. The zero-order valence-corrected chi connectivity index (χ0v) is 13.8. The normalized spacial score (nSPS) is 12.4. The highest BCUT2D eigenvalue weighted by atomic mass is 32.2. The third-order valence-corrected chi connectivity index (χ3v) is 4.89. The predicted octanol–water partition coefficient (Wildman–Crippen LogP) is 3.63. The zero-order chi connectivity index (χ0) is 16.9. The molecule has 1 N–H and O–H groups in total. The number of aryl methyl sites for hydroxylation is 2. The molecule has 2 aromatic rings. The largest absolute Gasteiger partial charge is 0.240 e. The lowest BCUT2D eigenvalue weighted by molar-refractivity contribution is 0.572. The van der Waals surface area contributed by atoms with Crippen LogP contribution in [0.5, 0.6) is 0 Å². The quantitative estimate of drug-likeness (QED) is 0.497. The first-order valence-corrected chi connectivity index (χ1v) is 8.58. The number of hydrogen-bond acceptors (Lipinski definition) is 3. The fraction of sp³-hybridized carbons (Fsp3) is 0.250. The zero-order valence-electron chi connectivity index (χ0n) is 13.0. The van der Waals surface area contributed by atoms with Crippen LogP contribution in [0.25, 0.3) is 10.4 Å². The van der Waals surface area contributed by atoms with E-state index in [-0.39, 0.29) is 11.4 Å². The Morgan fingerprint density at radius 1 is 1.04 bits per heavy atom. The minimum Gasteiger partial charge on any atom is -0.210 e. The highest BCUT2D eigenvalue weighted by Gasteiger charge is 2.17. The average Bonchev–Trinajstić information content (AvgIpc) is 2.53. The maximum absolute atomic E-state index is 12.3. The number of hydrogen-bond donors (Lipinski definition) is 1. The molecule has 0 saturated carbocycles. The average molecular weight is 330 g/mol. The molecule has 0 fully saturated rings. The van der Waals surface area contributed by atoms with Crippen LogP contribution in [-0.4, -0.2) is 15.0 Å². The Kier molecular flexibility index (Phi) is 5.39. The molecule has 0 aromatic heterocycles. The van der Waals surface area contributed by atoms with Crippen molar-refractivity contribution in [2.75, 3.05) is 6.54 Å². The minimum atomic E-state index is -3.64. The maximum Gasteiger partial charge on any atom is 0.240 e. The highest BCUT2D eigenvalue weighted by molar-refractivity contribution is 7.89. The van der Waals surface area contributed by atoms with E-state index in [1.807, 2.05) is 38.1 Å². The molecule has 120 valence electrons. The van der Waals surface area contributed by atoms with Crippen molar-refractivity contribution in [2.24, 2.45) is 5.11 Å². The lowest BCUT2D eigenvalue weighted by Crippen LogP contribution is -2.28. The van der Waals surface area contributed by atoms with Crippen molar-refractivity contribution in [1.82, 2.24) is 4.72 Å². The van der Waals surface area contributed by atoms with Crippen molar-refractivity contribution in [1.29, 1.82) is 0 Å². The van der Waals surface area contributed by atoms with E-state index in [1.165, 1.54) is 0 Å². The Hall–Kier alpha value is -2.34. The van der Waals surface area contributed by atoms with E-state index in [0.717, 1.165) is 16.7 Å². The Morgan fingerprint density at radius 2 is 1.57 bits per heavy atom. The number of nitrogens with one attached hydrogen (secondary N) is 1. The van der Waals surface area contributed by atoms with Crippen molar-refractivity contribution in [3.63, 3.8) is 0 Å². The summed E-state index contributed by atoms with van der Waals surface area (Å²) in [6.07, 6.45) is 0. The van der Waals surface area contributed by atoms with Crippen molar-refractivity contribution < 1.29 is 8.42 Å². The van der Waals surface area contributed by atoms with Gasteiger partial charge in [0.1, 0.15) is 0 Å². The van der Waals surface area contributed by atoms with Crippen molar-refractivity contribution in [2.45, 2.75) is 24.8 Å². The van der Waals surface area contributed by atoms with E-state index in [2.05, 4.69) is 14.7 Å². The second-order valence-electron chi connectivity index (χ2n) is 5.30. The van der Waals surface area contributed by atoms with Crippen LogP contribution in [0.3, 0.4) is 0 Å². The van der Waals surface area contributed by atoms with Gasteiger partial charge >= 0.3 is 0 Å². The van der Waals surface area contributed by atoms with Gasteiger partial charge in [0.15, 0.2) is 0 Å². The molecule has 0 aliphatic heterocycles. The molecule has 0 aliphatic carbocycles. The summed E-state index contributed by atoms with van der Waals surface area (Å²) in [6, 6.07) is 13.4. The number of nitrogens with zero attached hydrogens (tertiary/aromatic N) is 3. The van der Waals surface area contributed by atoms with E-state index in [9.17, 15) is 8.42 Å². The van der Waals surface area contributed by atoms with Gasteiger partial charge in [0, 0.05) is 11.5 Å². The van der Waals surface area contributed by atoms with Crippen molar-refractivity contribution >= 4 is 10.0 Å². The lowest BCUT2D eigenvalue weighted by atomic mass is 10.1. The van der Waals surface area contributed by atoms with Gasteiger partial charge in [-0.2, -0.15) is 0 Å². The molecular formula is C16H18N4O2S. The van der Waals surface area contributed by atoms with Crippen LogP contribution in [0.15, 0.2) is 58.5 Å². The minimum absolute atomic E-state index is 0.00330. The van der Waals surface area contributed by atoms with E-state index < -0.39 is 16.1 Å². The molecule has 0 heterocycles. The molecule has 0 radical (unpaired) electrons. The number of sulfonamides is 1. The molecular weight excluding hydrogens is 312 g/mol. The predicted molar refractivity (Wildman–Crippen MR) is 89.4 cm³/mol. The molecule has 0 saturated heterocycles. The summed E-state index contributed by atoms with van der Waals surface area (Å²) in [7, 11) is -3.64. The Bertz CT molecular complexity index is 808. The molecule has 0 amide bonds. The summed E-state index contributed by atoms with van der Waals surface area (Å²) in [6.45, 7) is 3.84. The molecule has 1 atom stereocenters. The Morgan fingerprint density at radius 3 is 2.09 bits per heavy atom. The number of benzene rings is 2. The van der Waals surface area contributed by atoms with E-state index >= 15 is 0 Å².